The molecule has 20 nitrogen and oxygen atoms in total. The van der Waals surface area contributed by atoms with Crippen molar-refractivity contribution in [3.8, 4) is 0 Å². The Bertz CT molecular complexity index is 1800. The predicted molar refractivity (Wildman–Crippen MR) is 204 cm³/mol. The largest absolute Gasteiger partial charge is 0.478 e. The van der Waals surface area contributed by atoms with Gasteiger partial charge in [0, 0.05) is 30.2 Å². The molecule has 3 rings (SSSR count). The molecule has 6 amide bonds. The van der Waals surface area contributed by atoms with Gasteiger partial charge in [-0.3, -0.25) is 43.7 Å². The Morgan fingerprint density at radius 1 is 0.983 bits per heavy atom. The molecule has 5 atom stereocenters. The van der Waals surface area contributed by atoms with Crippen LogP contribution in [0.5, 0.6) is 0 Å². The number of nitrogens with one attached hydrogen (secondary N) is 4. The average molecular weight is 814 g/mol. The zero-order valence-electron chi connectivity index (χ0n) is 33.0. The number of aromatic carboxylic acids is 1. The van der Waals surface area contributed by atoms with E-state index in [0.717, 1.165) is 55.5 Å². The van der Waals surface area contributed by atoms with Gasteiger partial charge in [-0.25, -0.2) is 9.59 Å². The van der Waals surface area contributed by atoms with Crippen LogP contribution < -0.4 is 27.0 Å². The molecule has 1 heterocycles. The maximum absolute atomic E-state index is 14.3. The smallest absolute Gasteiger partial charge is 0.335 e. The van der Waals surface area contributed by atoms with Crippen LogP contribution >= 0.6 is 0 Å². The van der Waals surface area contributed by atoms with Crippen molar-refractivity contribution in [1.29, 1.82) is 0 Å². The summed E-state index contributed by atoms with van der Waals surface area (Å²) < 4.78 is 4.56. The summed E-state index contributed by atoms with van der Waals surface area (Å²) in [5.41, 5.74) is 2.54. The van der Waals surface area contributed by atoms with Crippen LogP contribution in [0.15, 0.2) is 30.4 Å². The molecule has 0 unspecified atom stereocenters. The highest BCUT2D eigenvalue weighted by Crippen LogP contribution is 2.29. The second-order valence-corrected chi connectivity index (χ2v) is 15.4. The van der Waals surface area contributed by atoms with Crippen molar-refractivity contribution in [3.05, 3.63) is 51.6 Å². The third-order valence-corrected chi connectivity index (χ3v) is 9.95. The lowest BCUT2D eigenvalue weighted by molar-refractivity contribution is -0.384. The van der Waals surface area contributed by atoms with Crippen LogP contribution in [0.25, 0.3) is 0 Å². The number of amides is 6. The van der Waals surface area contributed by atoms with E-state index < -0.39 is 117 Å². The van der Waals surface area contributed by atoms with E-state index in [2.05, 4.69) is 26.0 Å². The molecule has 1 aromatic carbocycles. The number of primary amides is 1. The number of carboxylic acids is 1. The lowest BCUT2D eigenvalue weighted by Gasteiger charge is -2.36. The molecule has 1 saturated carbocycles. The third kappa shape index (κ3) is 12.7. The van der Waals surface area contributed by atoms with Crippen molar-refractivity contribution >= 4 is 58.9 Å². The summed E-state index contributed by atoms with van der Waals surface area (Å²) in [6.45, 7) is 5.73. The third-order valence-electron chi connectivity index (χ3n) is 9.95. The number of hydrogen-bond acceptors (Lipinski definition) is 12. The van der Waals surface area contributed by atoms with Gasteiger partial charge in [0.1, 0.15) is 30.2 Å². The van der Waals surface area contributed by atoms with E-state index in [9.17, 15) is 58.4 Å². The zero-order chi connectivity index (χ0) is 43.5. The number of methoxy groups -OCH3 is 1. The van der Waals surface area contributed by atoms with Gasteiger partial charge < -0.3 is 41.7 Å². The molecule has 1 aliphatic carbocycles. The van der Waals surface area contributed by atoms with Gasteiger partial charge in [0.15, 0.2) is 5.78 Å². The zero-order valence-corrected chi connectivity index (χ0v) is 33.0. The molecule has 316 valence electrons. The predicted octanol–water partition coefficient (Wildman–Crippen LogP) is 0.657. The maximum atomic E-state index is 14.3. The second kappa shape index (κ2) is 20.3. The van der Waals surface area contributed by atoms with Gasteiger partial charge in [-0.1, -0.05) is 46.1 Å². The molecule has 1 saturated heterocycles. The number of carbonyl (C=O) groups excluding carboxylic acids is 8. The van der Waals surface area contributed by atoms with E-state index >= 15 is 0 Å². The number of rotatable bonds is 17. The van der Waals surface area contributed by atoms with E-state index in [-0.39, 0.29) is 25.2 Å². The average Bonchev–Trinajstić information content (AvgIpc) is 3.57. The van der Waals surface area contributed by atoms with Gasteiger partial charge in [0.05, 0.1) is 24.1 Å². The van der Waals surface area contributed by atoms with Crippen LogP contribution in [0.3, 0.4) is 0 Å². The van der Waals surface area contributed by atoms with Crippen molar-refractivity contribution in [2.75, 3.05) is 13.7 Å². The molecule has 0 bridgehead atoms. The minimum absolute atomic E-state index is 0.00621. The first-order valence-electron chi connectivity index (χ1n) is 18.7. The first kappa shape index (κ1) is 46.2. The Morgan fingerprint density at radius 2 is 1.62 bits per heavy atom. The lowest BCUT2D eigenvalue weighted by Crippen LogP contribution is -2.61. The summed E-state index contributed by atoms with van der Waals surface area (Å²) in [7, 11) is 1.15. The number of nitrogens with two attached hydrogens (primary N) is 1. The number of nitro groups is 1. The molecular formula is C38H51N7O13. The Morgan fingerprint density at radius 3 is 2.19 bits per heavy atom. The Kier molecular flexibility index (Phi) is 16.1. The van der Waals surface area contributed by atoms with Gasteiger partial charge in [0.2, 0.25) is 29.5 Å². The Balaban J connectivity index is 1.92. The highest BCUT2D eigenvalue weighted by atomic mass is 16.6. The van der Waals surface area contributed by atoms with Gasteiger partial charge in [0.25, 0.3) is 11.6 Å². The summed E-state index contributed by atoms with van der Waals surface area (Å²) in [5.74, 6) is -8.06. The van der Waals surface area contributed by atoms with Crippen molar-refractivity contribution in [2.24, 2.45) is 17.1 Å². The van der Waals surface area contributed by atoms with E-state index in [1.54, 1.807) is 20.8 Å². The second-order valence-electron chi connectivity index (χ2n) is 15.4. The number of carbonyl (C=O) groups is 9. The number of ketones is 1. The van der Waals surface area contributed by atoms with Crippen molar-refractivity contribution in [1.82, 2.24) is 26.2 Å². The highest BCUT2D eigenvalue weighted by molar-refractivity contribution is 6.03. The lowest BCUT2D eigenvalue weighted by atomic mass is 9.83. The van der Waals surface area contributed by atoms with Crippen LogP contribution in [0, 0.1) is 21.4 Å². The van der Waals surface area contributed by atoms with Gasteiger partial charge in [-0.15, -0.1) is 0 Å². The quantitative estimate of drug-likeness (QED) is 0.0546. The number of esters is 1. The number of Topliss-reactive ketones (excluding diaryl/α,β-unsaturated/α-hetero) is 1. The number of ether oxygens (including phenoxy) is 1. The molecule has 1 aliphatic heterocycles. The number of hydrogen-bond donors (Lipinski definition) is 6. The summed E-state index contributed by atoms with van der Waals surface area (Å²) in [6.07, 6.45) is 5.59. The molecule has 2 fully saturated rings. The number of carboxylic acid groups (broad SMARTS) is 1. The summed E-state index contributed by atoms with van der Waals surface area (Å²) in [6, 6.07) is -3.94. The van der Waals surface area contributed by atoms with E-state index in [1.807, 2.05) is 0 Å². The molecule has 58 heavy (non-hydrogen) atoms. The fourth-order valence-corrected chi connectivity index (χ4v) is 6.69. The summed E-state index contributed by atoms with van der Waals surface area (Å²) in [5, 5.41) is 31.2. The Labute approximate surface area is 334 Å². The minimum Gasteiger partial charge on any atom is -0.478 e. The van der Waals surface area contributed by atoms with Gasteiger partial charge in [-0.2, -0.15) is 0 Å². The number of likely N-dealkylation sites (tertiary alicyclic amines) is 1. The summed E-state index contributed by atoms with van der Waals surface area (Å²) in [4.78, 5) is 128. The molecular weight excluding hydrogens is 762 g/mol. The first-order valence-corrected chi connectivity index (χ1v) is 18.7. The summed E-state index contributed by atoms with van der Waals surface area (Å²) >= 11 is 0. The number of allylic oxidation sites excluding steroid dienone is 1. The monoisotopic (exact) mass is 813 g/mol. The Hall–Kier alpha value is -6.21. The van der Waals surface area contributed by atoms with Crippen molar-refractivity contribution in [2.45, 2.75) is 109 Å². The van der Waals surface area contributed by atoms with E-state index in [4.69, 9.17) is 5.73 Å². The maximum Gasteiger partial charge on any atom is 0.335 e. The van der Waals surface area contributed by atoms with Crippen LogP contribution in [0.1, 0.15) is 99.8 Å². The highest BCUT2D eigenvalue weighted by Gasteiger charge is 2.46. The number of nitro benzene ring substituents is 1. The number of benzene rings is 1. The number of non-ortho nitro benzene ring substituents is 1. The van der Waals surface area contributed by atoms with Crippen molar-refractivity contribution in [3.63, 3.8) is 0 Å². The number of nitrogens with zero attached hydrogens (tertiary/aromatic N) is 2. The molecule has 20 heteroatoms. The SMILES string of the molecule is COC(=O)/C=C/CC[C@H](NC(=O)c1cc(C(=O)O)cc([N+](=O)[O-])c1)C(=O)N[C@H](C(=O)N1CC(=O)C[C@H]1C(=O)N[C@H](C(=O)N[C@@H](C)C(N)=O)C1CCCCC1)C(C)(C)C. The van der Waals surface area contributed by atoms with Gasteiger partial charge in [-0.05, 0) is 50.0 Å². The topological polar surface area (TPSA) is 304 Å². The normalized spacial score (nSPS) is 18.0. The van der Waals surface area contributed by atoms with Crippen molar-refractivity contribution < 1.29 is 57.9 Å². The minimum atomic E-state index is -1.55. The van der Waals surface area contributed by atoms with Crippen LogP contribution in [0.2, 0.25) is 0 Å². The standard InChI is InChI=1S/C38H51N7O13/c1-20(31(39)48)40-35(52)29(21-11-7-6-8-12-21)42-34(51)27-18-25(46)19-44(27)36(53)30(38(2,3)4)43-33(50)26(13-9-10-14-28(47)58-5)41-32(49)22-15-23(37(54)55)17-24(16-22)45(56)57/h10,14-17,20-21,26-27,29-30H,6-9,11-13,18-19H2,1-5H3,(H2,39,48)(H,40,52)(H,41,49)(H,42,51)(H,43,50)(H,54,55)/b14-10+/t20-,26-,27-,29-,30+/m0/s1. The van der Waals surface area contributed by atoms with Gasteiger partial charge >= 0.3 is 11.9 Å². The molecule has 0 aromatic heterocycles. The van der Waals surface area contributed by atoms with E-state index in [1.165, 1.54) is 13.0 Å². The fourth-order valence-electron chi connectivity index (χ4n) is 6.69. The fraction of sp³-hybridized carbons (Fsp3) is 0.553. The molecule has 2 aliphatic rings. The molecule has 7 N–H and O–H groups in total. The van der Waals surface area contributed by atoms with Crippen LogP contribution in [0.4, 0.5) is 5.69 Å². The first-order chi connectivity index (χ1) is 27.1. The van der Waals surface area contributed by atoms with Crippen LogP contribution in [-0.4, -0.2) is 112 Å². The molecule has 0 radical (unpaired) electrons. The molecule has 0 spiro atoms. The van der Waals surface area contributed by atoms with E-state index in [0.29, 0.717) is 12.8 Å². The molecule has 1 aromatic rings. The van der Waals surface area contributed by atoms with Crippen LogP contribution in [-0.2, 0) is 38.3 Å².